The number of para-hydroxylation sites is 2. The van der Waals surface area contributed by atoms with Crippen LogP contribution in [0.4, 0.5) is 0 Å². The molecular formula is C11H15NO4. The molecule has 0 saturated heterocycles. The fraction of sp³-hybridized carbons (Fsp3) is 0.364. The Morgan fingerprint density at radius 1 is 1.44 bits per heavy atom. The molecule has 0 spiro atoms. The van der Waals surface area contributed by atoms with Crippen molar-refractivity contribution in [3.63, 3.8) is 0 Å². The maximum Gasteiger partial charge on any atom is 0.346 e. The largest absolute Gasteiger partial charge is 0.493 e. The molecule has 0 fully saturated rings. The zero-order chi connectivity index (χ0) is 12.0. The van der Waals surface area contributed by atoms with Crippen molar-refractivity contribution in [1.29, 1.82) is 0 Å². The van der Waals surface area contributed by atoms with Crippen LogP contribution in [0.3, 0.4) is 0 Å². The van der Waals surface area contributed by atoms with Crippen molar-refractivity contribution in [3.8, 4) is 11.5 Å². The normalized spacial score (nSPS) is 11.9. The minimum absolute atomic E-state index is 0.230. The molecule has 0 amide bonds. The van der Waals surface area contributed by atoms with Gasteiger partial charge in [-0.15, -0.1) is 0 Å². The first-order chi connectivity index (χ1) is 7.69. The highest BCUT2D eigenvalue weighted by Gasteiger charge is 2.19. The quantitative estimate of drug-likeness (QED) is 0.747. The summed E-state index contributed by atoms with van der Waals surface area (Å²) in [5, 5.41) is 11.7. The van der Waals surface area contributed by atoms with Crippen molar-refractivity contribution in [2.45, 2.75) is 6.10 Å². The maximum atomic E-state index is 10.9. The van der Waals surface area contributed by atoms with Crippen LogP contribution < -0.4 is 14.8 Å². The van der Waals surface area contributed by atoms with Crippen LogP contribution in [0.25, 0.3) is 0 Å². The van der Waals surface area contributed by atoms with Crippen molar-refractivity contribution in [2.75, 3.05) is 20.7 Å². The zero-order valence-corrected chi connectivity index (χ0v) is 9.27. The van der Waals surface area contributed by atoms with E-state index in [1.807, 2.05) is 0 Å². The lowest BCUT2D eigenvalue weighted by Gasteiger charge is -2.16. The van der Waals surface area contributed by atoms with Crippen LogP contribution in [0.5, 0.6) is 11.5 Å². The van der Waals surface area contributed by atoms with E-state index in [0.29, 0.717) is 11.5 Å². The molecule has 1 rings (SSSR count). The van der Waals surface area contributed by atoms with Crippen LogP contribution in [0.1, 0.15) is 0 Å². The van der Waals surface area contributed by atoms with E-state index in [0.717, 1.165) is 0 Å². The van der Waals surface area contributed by atoms with E-state index in [-0.39, 0.29) is 6.54 Å². The van der Waals surface area contributed by atoms with Crippen molar-refractivity contribution < 1.29 is 19.4 Å². The van der Waals surface area contributed by atoms with Gasteiger partial charge in [0.15, 0.2) is 11.5 Å². The smallest absolute Gasteiger partial charge is 0.346 e. The number of hydrogen-bond donors (Lipinski definition) is 2. The first kappa shape index (κ1) is 12.3. The molecule has 0 aromatic heterocycles. The summed E-state index contributed by atoms with van der Waals surface area (Å²) in [6, 6.07) is 6.94. The fourth-order valence-electron chi connectivity index (χ4n) is 1.23. The number of rotatable bonds is 6. The van der Waals surface area contributed by atoms with Crippen molar-refractivity contribution in [1.82, 2.24) is 5.32 Å². The van der Waals surface area contributed by atoms with E-state index in [1.165, 1.54) is 7.11 Å². The third-order valence-electron chi connectivity index (χ3n) is 2.00. The number of aliphatic carboxylic acids is 1. The molecular weight excluding hydrogens is 210 g/mol. The molecule has 1 aromatic carbocycles. The van der Waals surface area contributed by atoms with Crippen molar-refractivity contribution in [3.05, 3.63) is 24.3 Å². The van der Waals surface area contributed by atoms with Gasteiger partial charge in [-0.1, -0.05) is 12.1 Å². The average Bonchev–Trinajstić information content (AvgIpc) is 2.29. The Hall–Kier alpha value is -1.75. The summed E-state index contributed by atoms with van der Waals surface area (Å²) < 4.78 is 10.4. The molecule has 0 heterocycles. The molecule has 5 heteroatoms. The Labute approximate surface area is 94.0 Å². The summed E-state index contributed by atoms with van der Waals surface area (Å²) in [4.78, 5) is 10.9. The second-order valence-electron chi connectivity index (χ2n) is 3.15. The van der Waals surface area contributed by atoms with Crippen LogP contribution in [0.15, 0.2) is 24.3 Å². The van der Waals surface area contributed by atoms with Crippen LogP contribution in [-0.4, -0.2) is 37.9 Å². The number of carboxylic acid groups (broad SMARTS) is 1. The number of ether oxygens (including phenoxy) is 2. The Morgan fingerprint density at radius 3 is 2.56 bits per heavy atom. The molecule has 16 heavy (non-hydrogen) atoms. The van der Waals surface area contributed by atoms with Gasteiger partial charge in [0, 0.05) is 6.54 Å². The van der Waals surface area contributed by atoms with Gasteiger partial charge in [-0.25, -0.2) is 4.79 Å². The Bertz CT molecular complexity index is 354. The lowest BCUT2D eigenvalue weighted by Crippen LogP contribution is -2.36. The van der Waals surface area contributed by atoms with Gasteiger partial charge >= 0.3 is 5.97 Å². The molecule has 1 atom stereocenters. The predicted octanol–water partition coefficient (Wildman–Crippen LogP) is 0.747. The fourth-order valence-corrected chi connectivity index (χ4v) is 1.23. The Morgan fingerprint density at radius 2 is 2.06 bits per heavy atom. The van der Waals surface area contributed by atoms with Gasteiger partial charge in [-0.05, 0) is 19.2 Å². The molecule has 88 valence electrons. The van der Waals surface area contributed by atoms with Crippen molar-refractivity contribution in [2.24, 2.45) is 0 Å². The second kappa shape index (κ2) is 5.97. The monoisotopic (exact) mass is 225 g/mol. The Balaban J connectivity index is 2.80. The van der Waals surface area contributed by atoms with Crippen LogP contribution in [0.2, 0.25) is 0 Å². The zero-order valence-electron chi connectivity index (χ0n) is 9.27. The van der Waals surface area contributed by atoms with Crippen LogP contribution in [-0.2, 0) is 4.79 Å². The second-order valence-corrected chi connectivity index (χ2v) is 3.15. The minimum atomic E-state index is -1.01. The third kappa shape index (κ3) is 3.13. The van der Waals surface area contributed by atoms with Gasteiger partial charge < -0.3 is 19.9 Å². The Kier molecular flexibility index (Phi) is 4.60. The molecule has 1 aromatic rings. The van der Waals surface area contributed by atoms with Crippen LogP contribution >= 0.6 is 0 Å². The summed E-state index contributed by atoms with van der Waals surface area (Å²) >= 11 is 0. The SMILES string of the molecule is CNCC(Oc1ccccc1OC)C(=O)O. The summed E-state index contributed by atoms with van der Waals surface area (Å²) in [5.41, 5.74) is 0. The van der Waals surface area contributed by atoms with Gasteiger partial charge in [0.05, 0.1) is 7.11 Å². The average molecular weight is 225 g/mol. The first-order valence-electron chi connectivity index (χ1n) is 4.86. The number of methoxy groups -OCH3 is 1. The minimum Gasteiger partial charge on any atom is -0.493 e. The van der Waals surface area contributed by atoms with Gasteiger partial charge in [-0.3, -0.25) is 0 Å². The van der Waals surface area contributed by atoms with Gasteiger partial charge in [-0.2, -0.15) is 0 Å². The number of nitrogens with one attached hydrogen (secondary N) is 1. The van der Waals surface area contributed by atoms with E-state index in [2.05, 4.69) is 5.32 Å². The summed E-state index contributed by atoms with van der Waals surface area (Å²) in [5.74, 6) is -0.0715. The number of benzene rings is 1. The highest BCUT2D eigenvalue weighted by atomic mass is 16.5. The highest BCUT2D eigenvalue weighted by Crippen LogP contribution is 2.26. The predicted molar refractivity (Wildman–Crippen MR) is 59.0 cm³/mol. The molecule has 0 aliphatic heterocycles. The standard InChI is InChI=1S/C11H15NO4/c1-12-7-10(11(13)14)16-9-6-4-3-5-8(9)15-2/h3-6,10,12H,7H2,1-2H3,(H,13,14). The molecule has 0 aliphatic carbocycles. The van der Waals surface area contributed by atoms with E-state index in [4.69, 9.17) is 14.6 Å². The first-order valence-corrected chi connectivity index (χ1v) is 4.86. The summed E-state index contributed by atoms with van der Waals surface area (Å²) in [6.45, 7) is 0.230. The summed E-state index contributed by atoms with van der Waals surface area (Å²) in [7, 11) is 3.18. The summed E-state index contributed by atoms with van der Waals surface area (Å²) in [6.07, 6.45) is -0.929. The molecule has 0 saturated carbocycles. The molecule has 1 unspecified atom stereocenters. The lowest BCUT2D eigenvalue weighted by atomic mass is 10.3. The van der Waals surface area contributed by atoms with E-state index in [1.54, 1.807) is 31.3 Å². The molecule has 0 aliphatic rings. The molecule has 5 nitrogen and oxygen atoms in total. The molecule has 2 N–H and O–H groups in total. The van der Waals surface area contributed by atoms with Crippen molar-refractivity contribution >= 4 is 5.97 Å². The number of hydrogen-bond acceptors (Lipinski definition) is 4. The van der Waals surface area contributed by atoms with Gasteiger partial charge in [0.1, 0.15) is 0 Å². The van der Waals surface area contributed by atoms with Gasteiger partial charge in [0.2, 0.25) is 6.10 Å². The maximum absolute atomic E-state index is 10.9. The van der Waals surface area contributed by atoms with E-state index < -0.39 is 12.1 Å². The lowest BCUT2D eigenvalue weighted by molar-refractivity contribution is -0.144. The third-order valence-corrected chi connectivity index (χ3v) is 2.00. The number of carbonyl (C=O) groups is 1. The van der Waals surface area contributed by atoms with Gasteiger partial charge in [0.25, 0.3) is 0 Å². The highest BCUT2D eigenvalue weighted by molar-refractivity contribution is 5.73. The van der Waals surface area contributed by atoms with E-state index in [9.17, 15) is 4.79 Å². The topological polar surface area (TPSA) is 67.8 Å². The number of likely N-dealkylation sites (N-methyl/N-ethyl adjacent to an activating group) is 1. The molecule has 0 bridgehead atoms. The van der Waals surface area contributed by atoms with Crippen LogP contribution in [0, 0.1) is 0 Å². The molecule has 0 radical (unpaired) electrons. The number of carboxylic acids is 1. The van der Waals surface area contributed by atoms with E-state index >= 15 is 0 Å².